The molecule has 3 heteroatoms. The Kier molecular flexibility index (Phi) is 6.09. The van der Waals surface area contributed by atoms with Gasteiger partial charge in [-0.1, -0.05) is 24.6 Å². The molecule has 0 aromatic carbocycles. The first-order valence-corrected chi connectivity index (χ1v) is 5.95. The second-order valence-corrected chi connectivity index (χ2v) is 4.20. The van der Waals surface area contributed by atoms with Gasteiger partial charge in [-0.05, 0) is 31.8 Å². The Morgan fingerprint density at radius 3 is 2.94 bits per heavy atom. The lowest BCUT2D eigenvalue weighted by Crippen LogP contribution is -2.30. The summed E-state index contributed by atoms with van der Waals surface area (Å²) in [6.07, 6.45) is 17.4. The van der Waals surface area contributed by atoms with Gasteiger partial charge in [0.1, 0.15) is 0 Å². The van der Waals surface area contributed by atoms with Gasteiger partial charge in [0.05, 0.1) is 6.67 Å². The normalized spacial score (nSPS) is 19.8. The molecule has 0 fully saturated rings. The molecule has 0 saturated heterocycles. The fraction of sp³-hybridized carbons (Fsp3) is 0.538. The smallest absolute Gasteiger partial charge is 0.0871 e. The summed E-state index contributed by atoms with van der Waals surface area (Å²) in [5.74, 6) is 0. The van der Waals surface area contributed by atoms with Crippen LogP contribution >= 0.6 is 12.4 Å². The molecule has 90 valence electrons. The van der Waals surface area contributed by atoms with E-state index in [1.807, 2.05) is 0 Å². The summed E-state index contributed by atoms with van der Waals surface area (Å²) in [4.78, 5) is 2.28. The molecule has 0 spiro atoms. The number of allylic oxidation sites excluding steroid dienone is 4. The summed E-state index contributed by atoms with van der Waals surface area (Å²) in [6, 6.07) is 0. The first-order chi connectivity index (χ1) is 7.45. The molecule has 0 aromatic rings. The molecule has 1 N–H and O–H groups in total. The lowest BCUT2D eigenvalue weighted by Gasteiger charge is -2.22. The van der Waals surface area contributed by atoms with E-state index < -0.39 is 0 Å². The molecule has 16 heavy (non-hydrogen) atoms. The van der Waals surface area contributed by atoms with Crippen LogP contribution in [0, 0.1) is 0 Å². The minimum Gasteiger partial charge on any atom is -0.371 e. The van der Waals surface area contributed by atoms with Gasteiger partial charge in [-0.3, -0.25) is 0 Å². The van der Waals surface area contributed by atoms with E-state index in [0.29, 0.717) is 0 Å². The zero-order chi connectivity index (χ0) is 10.3. The van der Waals surface area contributed by atoms with Crippen molar-refractivity contribution < 1.29 is 0 Å². The maximum Gasteiger partial charge on any atom is 0.0871 e. The van der Waals surface area contributed by atoms with Crippen molar-refractivity contribution in [1.29, 1.82) is 0 Å². The number of nitrogens with zero attached hydrogens (tertiary/aromatic N) is 1. The topological polar surface area (TPSA) is 15.3 Å². The molecule has 1 aliphatic carbocycles. The predicted octanol–water partition coefficient (Wildman–Crippen LogP) is 3.19. The quantitative estimate of drug-likeness (QED) is 0.815. The Balaban J connectivity index is 0.00000128. The third-order valence-corrected chi connectivity index (χ3v) is 2.93. The Bertz CT molecular complexity index is 282. The van der Waals surface area contributed by atoms with Crippen molar-refractivity contribution in [1.82, 2.24) is 10.2 Å². The highest BCUT2D eigenvalue weighted by molar-refractivity contribution is 5.85. The van der Waals surface area contributed by atoms with E-state index in [1.165, 1.54) is 37.8 Å². The third kappa shape index (κ3) is 4.31. The Hall–Kier alpha value is -0.890. The van der Waals surface area contributed by atoms with Crippen molar-refractivity contribution in [2.24, 2.45) is 0 Å². The molecule has 0 atom stereocenters. The molecule has 1 aliphatic heterocycles. The maximum atomic E-state index is 3.53. The summed E-state index contributed by atoms with van der Waals surface area (Å²) >= 11 is 0. The largest absolute Gasteiger partial charge is 0.371 e. The van der Waals surface area contributed by atoms with Crippen LogP contribution in [0.3, 0.4) is 0 Å². The average molecular weight is 241 g/mol. The van der Waals surface area contributed by atoms with Crippen molar-refractivity contribution in [2.75, 3.05) is 13.2 Å². The molecular weight excluding hydrogens is 220 g/mol. The van der Waals surface area contributed by atoms with Gasteiger partial charge < -0.3 is 10.2 Å². The lowest BCUT2D eigenvalue weighted by molar-refractivity contribution is 0.386. The minimum atomic E-state index is 0. The third-order valence-electron chi connectivity index (χ3n) is 2.93. The number of halogens is 1. The molecule has 2 nitrogen and oxygen atoms in total. The summed E-state index contributed by atoms with van der Waals surface area (Å²) in [6.45, 7) is 1.96. The van der Waals surface area contributed by atoms with E-state index in [-0.39, 0.29) is 12.4 Å². The van der Waals surface area contributed by atoms with Crippen molar-refractivity contribution in [3.05, 3.63) is 36.2 Å². The molecule has 0 aromatic heterocycles. The van der Waals surface area contributed by atoms with Gasteiger partial charge in [0.25, 0.3) is 0 Å². The highest BCUT2D eigenvalue weighted by atomic mass is 35.5. The zero-order valence-electron chi connectivity index (χ0n) is 9.69. The van der Waals surface area contributed by atoms with Crippen LogP contribution in [-0.4, -0.2) is 18.1 Å². The van der Waals surface area contributed by atoms with Gasteiger partial charge in [-0.2, -0.15) is 0 Å². The van der Waals surface area contributed by atoms with Crippen molar-refractivity contribution in [3.63, 3.8) is 0 Å². The van der Waals surface area contributed by atoms with Crippen LogP contribution in [0.25, 0.3) is 0 Å². The van der Waals surface area contributed by atoms with Gasteiger partial charge >= 0.3 is 0 Å². The Morgan fingerprint density at radius 2 is 2.12 bits per heavy atom. The predicted molar refractivity (Wildman–Crippen MR) is 71.4 cm³/mol. The summed E-state index contributed by atoms with van der Waals surface area (Å²) < 4.78 is 0. The monoisotopic (exact) mass is 240 g/mol. The van der Waals surface area contributed by atoms with Crippen LogP contribution in [0.4, 0.5) is 0 Å². The number of hydrogen-bond acceptors (Lipinski definition) is 2. The molecule has 0 bridgehead atoms. The molecule has 1 heterocycles. The summed E-state index contributed by atoms with van der Waals surface area (Å²) in [5, 5.41) is 3.53. The van der Waals surface area contributed by atoms with Crippen LogP contribution in [0.5, 0.6) is 0 Å². The highest BCUT2D eigenvalue weighted by Gasteiger charge is 2.03. The lowest BCUT2D eigenvalue weighted by atomic mass is 10.2. The second-order valence-electron chi connectivity index (χ2n) is 4.20. The fourth-order valence-electron chi connectivity index (χ4n) is 2.00. The fourth-order valence-corrected chi connectivity index (χ4v) is 2.00. The first-order valence-electron chi connectivity index (χ1n) is 5.95. The molecule has 0 saturated carbocycles. The number of nitrogens with one attached hydrogen (secondary N) is 1. The van der Waals surface area contributed by atoms with Gasteiger partial charge in [0.2, 0.25) is 0 Å². The molecule has 0 radical (unpaired) electrons. The number of rotatable bonds is 3. The maximum absolute atomic E-state index is 3.53. The minimum absolute atomic E-state index is 0. The summed E-state index contributed by atoms with van der Waals surface area (Å²) in [7, 11) is 0. The molecule has 2 rings (SSSR count). The van der Waals surface area contributed by atoms with Gasteiger partial charge in [0, 0.05) is 18.4 Å². The van der Waals surface area contributed by atoms with Crippen molar-refractivity contribution in [2.45, 2.75) is 32.1 Å². The van der Waals surface area contributed by atoms with Crippen LogP contribution in [0.1, 0.15) is 32.1 Å². The van der Waals surface area contributed by atoms with Crippen molar-refractivity contribution in [3.8, 4) is 0 Å². The van der Waals surface area contributed by atoms with Crippen LogP contribution in [0.15, 0.2) is 36.2 Å². The van der Waals surface area contributed by atoms with Crippen molar-refractivity contribution >= 4 is 12.4 Å². The standard InChI is InChI=1S/C13H20N2.ClH/c1-2-5-9-13(8-4-1)14-12-15-10-6-3-7-11-15;/h3,6-8,10,14H,1-2,4-5,9,11-12H2;1H. The number of hydrogen-bond donors (Lipinski definition) is 1. The molecule has 2 aliphatic rings. The zero-order valence-corrected chi connectivity index (χ0v) is 10.5. The summed E-state index contributed by atoms with van der Waals surface area (Å²) in [5.41, 5.74) is 1.44. The van der Waals surface area contributed by atoms with Crippen LogP contribution in [0.2, 0.25) is 0 Å². The first kappa shape index (κ1) is 13.2. The SMILES string of the molecule is C1=CCN(CNC2=CCCCCC2)C=C1.Cl. The average Bonchev–Trinajstić information content (AvgIpc) is 2.56. The van der Waals surface area contributed by atoms with Gasteiger partial charge in [-0.15, -0.1) is 12.4 Å². The van der Waals surface area contributed by atoms with Crippen LogP contribution < -0.4 is 5.32 Å². The van der Waals surface area contributed by atoms with Gasteiger partial charge in [0.15, 0.2) is 0 Å². The van der Waals surface area contributed by atoms with E-state index in [9.17, 15) is 0 Å². The van der Waals surface area contributed by atoms with E-state index in [2.05, 4.69) is 40.7 Å². The van der Waals surface area contributed by atoms with E-state index in [1.54, 1.807) is 0 Å². The Morgan fingerprint density at radius 1 is 1.19 bits per heavy atom. The highest BCUT2D eigenvalue weighted by Crippen LogP contribution is 2.15. The second kappa shape index (κ2) is 7.39. The van der Waals surface area contributed by atoms with Gasteiger partial charge in [-0.25, -0.2) is 0 Å². The van der Waals surface area contributed by atoms with Crippen LogP contribution in [-0.2, 0) is 0 Å². The molecule has 0 amide bonds. The Labute approximate surface area is 105 Å². The molecular formula is C13H21ClN2. The van der Waals surface area contributed by atoms with E-state index in [0.717, 1.165) is 13.2 Å². The van der Waals surface area contributed by atoms with E-state index >= 15 is 0 Å². The molecule has 0 unspecified atom stereocenters. The van der Waals surface area contributed by atoms with E-state index in [4.69, 9.17) is 0 Å².